The number of carboxylic acid groups (broad SMARTS) is 1. The number of carboxylic acids is 1. The lowest BCUT2D eigenvalue weighted by Crippen LogP contribution is -1.99. The van der Waals surface area contributed by atoms with Crippen molar-refractivity contribution in [2.24, 2.45) is 0 Å². The summed E-state index contributed by atoms with van der Waals surface area (Å²) in [5.41, 5.74) is 1.22. The van der Waals surface area contributed by atoms with Gasteiger partial charge in [-0.25, -0.2) is 4.79 Å². The summed E-state index contributed by atoms with van der Waals surface area (Å²) in [4.78, 5) is 14.7. The maximum atomic E-state index is 10.8. The number of hydrogen-bond acceptors (Lipinski definition) is 3. The van der Waals surface area contributed by atoms with E-state index in [1.54, 1.807) is 18.5 Å². The lowest BCUT2D eigenvalue weighted by atomic mass is 10.2. The smallest absolute Gasteiger partial charge is 0.335 e. The number of pyridine rings is 1. The van der Waals surface area contributed by atoms with Crippen LogP contribution in [0.5, 0.6) is 5.75 Å². The molecular weight excluding hydrogens is 298 g/mol. The fourth-order valence-corrected chi connectivity index (χ4v) is 1.88. The average Bonchev–Trinajstić information content (AvgIpc) is 2.38. The van der Waals surface area contributed by atoms with Gasteiger partial charge in [0.05, 0.1) is 10.0 Å². The molecule has 0 saturated carbocycles. The van der Waals surface area contributed by atoms with E-state index in [0.29, 0.717) is 16.8 Å². The van der Waals surface area contributed by atoms with Gasteiger partial charge in [0, 0.05) is 12.4 Å². The molecule has 2 aromatic rings. The molecule has 0 spiro atoms. The number of rotatable bonds is 4. The Morgan fingerprint density at radius 2 is 2.00 bits per heavy atom. The number of aromatic carboxylic acids is 1. The van der Waals surface area contributed by atoms with Crippen LogP contribution in [0.25, 0.3) is 0 Å². The molecule has 0 aliphatic carbocycles. The van der Waals surface area contributed by atoms with Crippen molar-refractivity contribution in [3.8, 4) is 5.75 Å². The standard InChI is InChI=1S/C13H10BrNO3/c14-11-7-10(13(16)17)1-2-12(11)18-8-9-3-5-15-6-4-9/h1-7H,8H2,(H,16,17). The molecule has 0 aliphatic heterocycles. The third-order valence-electron chi connectivity index (χ3n) is 2.32. The Kier molecular flexibility index (Phi) is 3.94. The number of carbonyl (C=O) groups is 1. The highest BCUT2D eigenvalue weighted by molar-refractivity contribution is 9.10. The van der Waals surface area contributed by atoms with E-state index >= 15 is 0 Å². The molecule has 1 N–H and O–H groups in total. The highest BCUT2D eigenvalue weighted by Crippen LogP contribution is 2.26. The summed E-state index contributed by atoms with van der Waals surface area (Å²) in [5.74, 6) is -0.354. The molecule has 5 heteroatoms. The molecule has 18 heavy (non-hydrogen) atoms. The molecule has 0 unspecified atom stereocenters. The largest absolute Gasteiger partial charge is 0.488 e. The number of benzene rings is 1. The second-order valence-electron chi connectivity index (χ2n) is 3.59. The van der Waals surface area contributed by atoms with Crippen molar-refractivity contribution in [1.82, 2.24) is 4.98 Å². The van der Waals surface area contributed by atoms with Gasteiger partial charge in [0.2, 0.25) is 0 Å². The van der Waals surface area contributed by atoms with Crippen molar-refractivity contribution in [3.05, 3.63) is 58.3 Å². The fourth-order valence-electron chi connectivity index (χ4n) is 1.39. The lowest BCUT2D eigenvalue weighted by Gasteiger charge is -2.08. The van der Waals surface area contributed by atoms with Gasteiger partial charge in [-0.3, -0.25) is 4.98 Å². The molecule has 0 aliphatic rings. The molecule has 0 atom stereocenters. The average molecular weight is 308 g/mol. The Morgan fingerprint density at radius 1 is 1.28 bits per heavy atom. The molecule has 1 aromatic heterocycles. The molecule has 0 bridgehead atoms. The summed E-state index contributed by atoms with van der Waals surface area (Å²) >= 11 is 3.29. The Labute approximate surface area is 112 Å². The third-order valence-corrected chi connectivity index (χ3v) is 2.94. The molecule has 1 aromatic carbocycles. The first-order valence-corrected chi connectivity index (χ1v) is 6.00. The van der Waals surface area contributed by atoms with Gasteiger partial charge in [0.15, 0.2) is 0 Å². The van der Waals surface area contributed by atoms with Crippen molar-refractivity contribution in [2.75, 3.05) is 0 Å². The highest BCUT2D eigenvalue weighted by Gasteiger charge is 2.07. The first kappa shape index (κ1) is 12.6. The summed E-state index contributed by atoms with van der Waals surface area (Å²) in [6, 6.07) is 8.38. The van der Waals surface area contributed by atoms with Gasteiger partial charge in [-0.15, -0.1) is 0 Å². The van der Waals surface area contributed by atoms with Gasteiger partial charge in [0.25, 0.3) is 0 Å². The van der Waals surface area contributed by atoms with Crippen molar-refractivity contribution < 1.29 is 14.6 Å². The van der Waals surface area contributed by atoms with Gasteiger partial charge in [-0.2, -0.15) is 0 Å². The molecule has 92 valence electrons. The number of ether oxygens (including phenoxy) is 1. The number of hydrogen-bond donors (Lipinski definition) is 1. The van der Waals surface area contributed by atoms with Crippen molar-refractivity contribution in [1.29, 1.82) is 0 Å². The van der Waals surface area contributed by atoms with E-state index in [2.05, 4.69) is 20.9 Å². The maximum Gasteiger partial charge on any atom is 0.335 e. The minimum Gasteiger partial charge on any atom is -0.488 e. The molecule has 2 rings (SSSR count). The summed E-state index contributed by atoms with van der Waals surface area (Å²) in [6.07, 6.45) is 3.39. The normalized spacial score (nSPS) is 10.1. The predicted octanol–water partition coefficient (Wildman–Crippen LogP) is 3.12. The molecule has 4 nitrogen and oxygen atoms in total. The zero-order chi connectivity index (χ0) is 13.0. The number of halogens is 1. The van der Waals surface area contributed by atoms with Crippen LogP contribution < -0.4 is 4.74 Å². The highest BCUT2D eigenvalue weighted by atomic mass is 79.9. The van der Waals surface area contributed by atoms with Gasteiger partial charge >= 0.3 is 5.97 Å². The van der Waals surface area contributed by atoms with Crippen LogP contribution >= 0.6 is 15.9 Å². The summed E-state index contributed by atoms with van der Waals surface area (Å²) in [5, 5.41) is 8.84. The Bertz CT molecular complexity index is 557. The molecule has 0 fully saturated rings. The van der Waals surface area contributed by atoms with E-state index in [1.807, 2.05) is 12.1 Å². The van der Waals surface area contributed by atoms with Crippen LogP contribution in [0, 0.1) is 0 Å². The zero-order valence-corrected chi connectivity index (χ0v) is 10.9. The quantitative estimate of drug-likeness (QED) is 0.943. The van der Waals surface area contributed by atoms with Crippen molar-refractivity contribution >= 4 is 21.9 Å². The van der Waals surface area contributed by atoms with E-state index in [4.69, 9.17) is 9.84 Å². The first-order chi connectivity index (χ1) is 8.66. The first-order valence-electron chi connectivity index (χ1n) is 5.21. The maximum absolute atomic E-state index is 10.8. The number of aromatic nitrogens is 1. The van der Waals surface area contributed by atoms with Gasteiger partial charge in [-0.05, 0) is 51.8 Å². The van der Waals surface area contributed by atoms with Crippen LogP contribution in [0.2, 0.25) is 0 Å². The predicted molar refractivity (Wildman–Crippen MR) is 69.7 cm³/mol. The van der Waals surface area contributed by atoms with E-state index in [0.717, 1.165) is 5.56 Å². The summed E-state index contributed by atoms with van der Waals surface area (Å²) in [7, 11) is 0. The third kappa shape index (κ3) is 3.07. The van der Waals surface area contributed by atoms with Crippen molar-refractivity contribution in [3.63, 3.8) is 0 Å². The Balaban J connectivity index is 2.08. The zero-order valence-electron chi connectivity index (χ0n) is 9.34. The van der Waals surface area contributed by atoms with Crippen LogP contribution in [0.15, 0.2) is 47.2 Å². The second kappa shape index (κ2) is 5.64. The van der Waals surface area contributed by atoms with E-state index in [1.165, 1.54) is 12.1 Å². The second-order valence-corrected chi connectivity index (χ2v) is 4.45. The summed E-state index contributed by atoms with van der Waals surface area (Å²) in [6.45, 7) is 0.410. The molecule has 1 heterocycles. The van der Waals surface area contributed by atoms with Crippen LogP contribution in [0.3, 0.4) is 0 Å². The molecule has 0 amide bonds. The van der Waals surface area contributed by atoms with Gasteiger partial charge < -0.3 is 9.84 Å². The van der Waals surface area contributed by atoms with E-state index in [9.17, 15) is 4.79 Å². The van der Waals surface area contributed by atoms with E-state index < -0.39 is 5.97 Å². The lowest BCUT2D eigenvalue weighted by molar-refractivity contribution is 0.0696. The summed E-state index contributed by atoms with van der Waals surface area (Å²) < 4.78 is 6.21. The van der Waals surface area contributed by atoms with Crippen LogP contribution in [0.1, 0.15) is 15.9 Å². The minimum atomic E-state index is -0.962. The monoisotopic (exact) mass is 307 g/mol. The van der Waals surface area contributed by atoms with E-state index in [-0.39, 0.29) is 5.56 Å². The molecule has 0 saturated heterocycles. The topological polar surface area (TPSA) is 59.4 Å². The Morgan fingerprint density at radius 3 is 2.61 bits per heavy atom. The van der Waals surface area contributed by atoms with Crippen molar-refractivity contribution in [2.45, 2.75) is 6.61 Å². The number of nitrogens with zero attached hydrogens (tertiary/aromatic N) is 1. The Hall–Kier alpha value is -1.88. The SMILES string of the molecule is O=C(O)c1ccc(OCc2ccncc2)c(Br)c1. The fraction of sp³-hybridized carbons (Fsp3) is 0.0769. The molecule has 0 radical (unpaired) electrons. The van der Waals surface area contributed by atoms with Crippen LogP contribution in [0.4, 0.5) is 0 Å². The van der Waals surface area contributed by atoms with Gasteiger partial charge in [-0.1, -0.05) is 0 Å². The molecular formula is C13H10BrNO3. The van der Waals surface area contributed by atoms with Crippen LogP contribution in [-0.2, 0) is 6.61 Å². The van der Waals surface area contributed by atoms with Gasteiger partial charge in [0.1, 0.15) is 12.4 Å². The van der Waals surface area contributed by atoms with Crippen LogP contribution in [-0.4, -0.2) is 16.1 Å². The minimum absolute atomic E-state index is 0.220.